The smallest absolute Gasteiger partial charge is 0.0943 e. The molecule has 0 saturated heterocycles. The minimum Gasteiger partial charge on any atom is -0.387 e. The van der Waals surface area contributed by atoms with Crippen LogP contribution in [0, 0.1) is 17.8 Å². The van der Waals surface area contributed by atoms with Crippen molar-refractivity contribution in [2.75, 3.05) is 0 Å². The van der Waals surface area contributed by atoms with Crippen LogP contribution in [0.3, 0.4) is 0 Å². The normalized spacial score (nSPS) is 48.0. The Balaban J connectivity index is 2.12. The lowest BCUT2D eigenvalue weighted by atomic mass is 9.98. The van der Waals surface area contributed by atoms with Crippen molar-refractivity contribution in [3.05, 3.63) is 0 Å². The van der Waals surface area contributed by atoms with Crippen molar-refractivity contribution in [3.8, 4) is 0 Å². The first-order chi connectivity index (χ1) is 5.24. The van der Waals surface area contributed by atoms with Gasteiger partial charge in [0.1, 0.15) is 0 Å². The second-order valence-corrected chi connectivity index (χ2v) is 3.94. The lowest BCUT2D eigenvalue weighted by Gasteiger charge is -2.13. The average Bonchev–Trinajstić information content (AvgIpc) is 2.61. The van der Waals surface area contributed by atoms with Crippen LogP contribution in [0.5, 0.6) is 0 Å². The van der Waals surface area contributed by atoms with E-state index in [1.807, 2.05) is 0 Å². The summed E-state index contributed by atoms with van der Waals surface area (Å²) in [4.78, 5) is 4.45. The number of fused-ring (bicyclic) bond motifs is 1. The summed E-state index contributed by atoms with van der Waals surface area (Å²) in [5.74, 6) is 3.38. The maximum absolute atomic E-state index is 5.71. The van der Waals surface area contributed by atoms with Gasteiger partial charge in [-0.1, -0.05) is 20.3 Å². The van der Waals surface area contributed by atoms with Gasteiger partial charge in [0.15, 0.2) is 0 Å². The predicted molar refractivity (Wildman–Crippen MR) is 46.5 cm³/mol. The van der Waals surface area contributed by atoms with Gasteiger partial charge in [-0.05, 0) is 17.8 Å². The van der Waals surface area contributed by atoms with Crippen LogP contribution in [0.2, 0.25) is 0 Å². The molecule has 0 spiro atoms. The molecule has 1 fully saturated rings. The molecule has 2 heteroatoms. The summed E-state index contributed by atoms with van der Waals surface area (Å²) in [5, 5.41) is 0. The van der Waals surface area contributed by atoms with Gasteiger partial charge >= 0.3 is 0 Å². The fourth-order valence-corrected chi connectivity index (χ4v) is 2.55. The van der Waals surface area contributed by atoms with Gasteiger partial charge in [-0.15, -0.1) is 0 Å². The molecule has 0 aromatic heterocycles. The van der Waals surface area contributed by atoms with Gasteiger partial charge < -0.3 is 5.73 Å². The first-order valence-electron chi connectivity index (χ1n) is 4.56. The van der Waals surface area contributed by atoms with Gasteiger partial charge in [0.2, 0.25) is 0 Å². The van der Waals surface area contributed by atoms with E-state index in [0.717, 1.165) is 30.0 Å². The highest BCUT2D eigenvalue weighted by Gasteiger charge is 2.53. The quantitative estimate of drug-likeness (QED) is 0.606. The molecule has 4 atom stereocenters. The van der Waals surface area contributed by atoms with Crippen molar-refractivity contribution in [1.29, 1.82) is 0 Å². The number of hydrogen-bond donors (Lipinski definition) is 1. The van der Waals surface area contributed by atoms with Gasteiger partial charge in [-0.2, -0.15) is 0 Å². The van der Waals surface area contributed by atoms with Crippen LogP contribution in [0.25, 0.3) is 0 Å². The molecule has 2 aliphatic rings. The molecule has 2 nitrogen and oxygen atoms in total. The van der Waals surface area contributed by atoms with E-state index >= 15 is 0 Å². The first-order valence-corrected chi connectivity index (χ1v) is 4.56. The van der Waals surface area contributed by atoms with E-state index < -0.39 is 0 Å². The zero-order chi connectivity index (χ0) is 8.01. The van der Waals surface area contributed by atoms with Gasteiger partial charge in [0.25, 0.3) is 0 Å². The molecule has 2 N–H and O–H groups in total. The summed E-state index contributed by atoms with van der Waals surface area (Å²) >= 11 is 0. The molecule has 1 saturated carbocycles. The van der Waals surface area contributed by atoms with Crippen LogP contribution in [0.1, 0.15) is 26.7 Å². The zero-order valence-electron chi connectivity index (χ0n) is 7.25. The third kappa shape index (κ3) is 0.959. The molecule has 1 heterocycles. The molecule has 0 aromatic rings. The van der Waals surface area contributed by atoms with E-state index in [0.29, 0.717) is 6.04 Å². The Morgan fingerprint density at radius 2 is 2.36 bits per heavy atom. The van der Waals surface area contributed by atoms with E-state index in [1.54, 1.807) is 0 Å². The second kappa shape index (κ2) is 2.23. The molecule has 62 valence electrons. The average molecular weight is 152 g/mol. The van der Waals surface area contributed by atoms with E-state index in [9.17, 15) is 0 Å². The minimum absolute atomic E-state index is 0.601. The van der Waals surface area contributed by atoms with Crippen LogP contribution in [-0.4, -0.2) is 11.9 Å². The SMILES string of the molecule is CC[C@@H]1[C@H]2N=C(N)C[C@H](C)[C@@H]12. The van der Waals surface area contributed by atoms with E-state index in [-0.39, 0.29) is 0 Å². The molecule has 1 aliphatic heterocycles. The topological polar surface area (TPSA) is 38.4 Å². The van der Waals surface area contributed by atoms with E-state index in [2.05, 4.69) is 18.8 Å². The zero-order valence-corrected chi connectivity index (χ0v) is 7.25. The summed E-state index contributed by atoms with van der Waals surface area (Å²) in [6.45, 7) is 4.55. The molecule has 11 heavy (non-hydrogen) atoms. The second-order valence-electron chi connectivity index (χ2n) is 3.94. The van der Waals surface area contributed by atoms with Crippen molar-refractivity contribution in [2.24, 2.45) is 28.5 Å². The predicted octanol–water partition coefficient (Wildman–Crippen LogP) is 1.41. The Kier molecular flexibility index (Phi) is 1.44. The Morgan fingerprint density at radius 1 is 1.64 bits per heavy atom. The Morgan fingerprint density at radius 3 is 3.00 bits per heavy atom. The fourth-order valence-electron chi connectivity index (χ4n) is 2.55. The van der Waals surface area contributed by atoms with Crippen molar-refractivity contribution in [1.82, 2.24) is 0 Å². The van der Waals surface area contributed by atoms with E-state index in [1.165, 1.54) is 6.42 Å². The summed E-state index contributed by atoms with van der Waals surface area (Å²) in [7, 11) is 0. The van der Waals surface area contributed by atoms with Crippen molar-refractivity contribution >= 4 is 5.84 Å². The maximum atomic E-state index is 5.71. The lowest BCUT2D eigenvalue weighted by molar-refractivity contribution is 0.471. The third-order valence-electron chi connectivity index (χ3n) is 3.16. The van der Waals surface area contributed by atoms with Crippen LogP contribution in [0.15, 0.2) is 4.99 Å². The Hall–Kier alpha value is -0.530. The monoisotopic (exact) mass is 152 g/mol. The fraction of sp³-hybridized carbons (Fsp3) is 0.889. The summed E-state index contributed by atoms with van der Waals surface area (Å²) in [6, 6.07) is 0.601. The van der Waals surface area contributed by atoms with Crippen LogP contribution >= 0.6 is 0 Å². The summed E-state index contributed by atoms with van der Waals surface area (Å²) < 4.78 is 0. The number of nitrogens with two attached hydrogens (primary N) is 1. The molecule has 0 unspecified atom stereocenters. The molecule has 0 amide bonds. The number of rotatable bonds is 1. The van der Waals surface area contributed by atoms with Gasteiger partial charge in [-0.3, -0.25) is 4.99 Å². The van der Waals surface area contributed by atoms with Gasteiger partial charge in [0.05, 0.1) is 11.9 Å². The molecular weight excluding hydrogens is 136 g/mol. The van der Waals surface area contributed by atoms with Gasteiger partial charge in [-0.25, -0.2) is 0 Å². The van der Waals surface area contributed by atoms with Crippen LogP contribution in [-0.2, 0) is 0 Å². The highest BCUT2D eigenvalue weighted by molar-refractivity contribution is 5.82. The maximum Gasteiger partial charge on any atom is 0.0943 e. The highest BCUT2D eigenvalue weighted by Crippen LogP contribution is 2.52. The molecule has 0 aromatic carbocycles. The number of amidine groups is 1. The molecule has 2 rings (SSSR count). The molecular formula is C9H16N2. The number of nitrogens with zero attached hydrogens (tertiary/aromatic N) is 1. The third-order valence-corrected chi connectivity index (χ3v) is 3.16. The number of hydrogen-bond acceptors (Lipinski definition) is 2. The molecule has 1 aliphatic carbocycles. The molecule has 0 bridgehead atoms. The van der Waals surface area contributed by atoms with Crippen molar-refractivity contribution < 1.29 is 0 Å². The minimum atomic E-state index is 0.601. The van der Waals surface area contributed by atoms with Crippen LogP contribution in [0.4, 0.5) is 0 Å². The van der Waals surface area contributed by atoms with Crippen molar-refractivity contribution in [2.45, 2.75) is 32.7 Å². The summed E-state index contributed by atoms with van der Waals surface area (Å²) in [6.07, 6.45) is 2.30. The van der Waals surface area contributed by atoms with Gasteiger partial charge in [0, 0.05) is 6.42 Å². The number of aliphatic imine (C=N–C) groups is 1. The van der Waals surface area contributed by atoms with Crippen LogP contribution < -0.4 is 5.73 Å². The summed E-state index contributed by atoms with van der Waals surface area (Å²) in [5.41, 5.74) is 5.71. The van der Waals surface area contributed by atoms with Crippen molar-refractivity contribution in [3.63, 3.8) is 0 Å². The first kappa shape index (κ1) is 7.14. The highest BCUT2D eigenvalue weighted by atomic mass is 15.0. The Labute approximate surface area is 67.9 Å². The largest absolute Gasteiger partial charge is 0.387 e. The standard InChI is InChI=1S/C9H16N2/c1-3-6-8-5(2)4-7(10)11-9(6)8/h5-6,8-9H,3-4H2,1-2H3,(H2,10,11)/t5-,6-,8-,9+/m0/s1. The Bertz CT molecular complexity index is 198. The molecule has 0 radical (unpaired) electrons. The lowest BCUT2D eigenvalue weighted by Crippen LogP contribution is -2.22. The van der Waals surface area contributed by atoms with E-state index in [4.69, 9.17) is 5.73 Å².